The van der Waals surface area contributed by atoms with Crippen molar-refractivity contribution in [2.24, 2.45) is 23.3 Å². The molecule has 5 N–H and O–H groups in total. The van der Waals surface area contributed by atoms with Gasteiger partial charge in [-0.3, -0.25) is 9.59 Å². The molecule has 0 aliphatic carbocycles. The molecule has 0 saturated carbocycles. The number of hydrogen-bond donors (Lipinski definition) is 3. The zero-order chi connectivity index (χ0) is 17.0. The number of carbonyl (C=O) groups is 2. The van der Waals surface area contributed by atoms with Crippen LogP contribution in [0.4, 0.5) is 4.39 Å². The smallest absolute Gasteiger partial charge is 0.318 e. The van der Waals surface area contributed by atoms with E-state index in [0.29, 0.717) is 0 Å². The zero-order valence-electron chi connectivity index (χ0n) is 13.3. The summed E-state index contributed by atoms with van der Waals surface area (Å²) in [5.41, 5.74) is 10.6. The third-order valence-electron chi connectivity index (χ3n) is 3.00. The Bertz CT molecular complexity index is 368. The van der Waals surface area contributed by atoms with Crippen molar-refractivity contribution >= 4 is 11.8 Å². The number of aliphatic hydroxyl groups excluding tert-OH is 1. The lowest BCUT2D eigenvalue weighted by atomic mass is 9.85. The molecule has 0 saturated heterocycles. The van der Waals surface area contributed by atoms with E-state index in [4.69, 9.17) is 16.2 Å². The fraction of sp³-hybridized carbons (Fsp3) is 0.857. The fourth-order valence-corrected chi connectivity index (χ4v) is 1.69. The van der Waals surface area contributed by atoms with E-state index in [1.54, 1.807) is 34.6 Å². The average Bonchev–Trinajstić information content (AvgIpc) is 2.34. The first-order valence-corrected chi connectivity index (χ1v) is 6.94. The van der Waals surface area contributed by atoms with Crippen molar-refractivity contribution in [3.63, 3.8) is 0 Å². The van der Waals surface area contributed by atoms with Gasteiger partial charge in [0.25, 0.3) is 0 Å². The molecule has 4 atom stereocenters. The number of ether oxygens (including phenoxy) is 1. The Morgan fingerprint density at radius 2 is 1.71 bits per heavy atom. The Kier molecular flexibility index (Phi) is 7.43. The zero-order valence-corrected chi connectivity index (χ0v) is 13.3. The van der Waals surface area contributed by atoms with Crippen molar-refractivity contribution in [1.82, 2.24) is 0 Å². The third kappa shape index (κ3) is 6.07. The fourth-order valence-electron chi connectivity index (χ4n) is 1.69. The predicted molar refractivity (Wildman–Crippen MR) is 77.1 cm³/mol. The summed E-state index contributed by atoms with van der Waals surface area (Å²) >= 11 is 0. The van der Waals surface area contributed by atoms with Crippen LogP contribution in [0.1, 0.15) is 34.6 Å². The van der Waals surface area contributed by atoms with Gasteiger partial charge in [-0.05, 0) is 26.7 Å². The highest BCUT2D eigenvalue weighted by Gasteiger charge is 2.41. The summed E-state index contributed by atoms with van der Waals surface area (Å²) in [7, 11) is 0. The van der Waals surface area contributed by atoms with Crippen molar-refractivity contribution in [3.05, 3.63) is 0 Å². The SMILES string of the molecule is CC(C)[C@H](N)C(=O)C(C(=O)OC(C)(C)C)C(N)C(O)CF. The number of halogens is 1. The maximum atomic E-state index is 12.6. The highest BCUT2D eigenvalue weighted by atomic mass is 19.1. The van der Waals surface area contributed by atoms with Crippen molar-refractivity contribution < 1.29 is 23.8 Å². The van der Waals surface area contributed by atoms with E-state index in [-0.39, 0.29) is 5.92 Å². The van der Waals surface area contributed by atoms with Crippen molar-refractivity contribution in [2.45, 2.75) is 58.4 Å². The monoisotopic (exact) mass is 306 g/mol. The van der Waals surface area contributed by atoms with E-state index < -0.39 is 48.1 Å². The molecule has 0 rings (SSSR count). The van der Waals surface area contributed by atoms with Crippen molar-refractivity contribution in [2.75, 3.05) is 6.67 Å². The minimum absolute atomic E-state index is 0.225. The van der Waals surface area contributed by atoms with Gasteiger partial charge < -0.3 is 21.3 Å². The number of rotatable bonds is 7. The van der Waals surface area contributed by atoms with Gasteiger partial charge in [-0.15, -0.1) is 0 Å². The molecule has 0 aliphatic rings. The van der Waals surface area contributed by atoms with Gasteiger partial charge in [-0.2, -0.15) is 0 Å². The lowest BCUT2D eigenvalue weighted by Gasteiger charge is -2.30. The summed E-state index contributed by atoms with van der Waals surface area (Å²) in [6.07, 6.45) is -1.63. The van der Waals surface area contributed by atoms with Gasteiger partial charge in [-0.1, -0.05) is 13.8 Å². The molecule has 0 radical (unpaired) electrons. The molecule has 124 valence electrons. The summed E-state index contributed by atoms with van der Waals surface area (Å²) in [6.45, 7) is 7.16. The maximum absolute atomic E-state index is 12.6. The van der Waals surface area contributed by atoms with Gasteiger partial charge in [0.1, 0.15) is 18.2 Å². The molecule has 0 fully saturated rings. The van der Waals surface area contributed by atoms with Gasteiger partial charge in [-0.25, -0.2) is 4.39 Å². The second-order valence-electron chi connectivity index (χ2n) is 6.48. The number of alkyl halides is 1. The van der Waals surface area contributed by atoms with E-state index in [1.807, 2.05) is 0 Å². The summed E-state index contributed by atoms with van der Waals surface area (Å²) in [6, 6.07) is -2.34. The summed E-state index contributed by atoms with van der Waals surface area (Å²) < 4.78 is 17.7. The lowest BCUT2D eigenvalue weighted by Crippen LogP contribution is -2.55. The molecule has 0 aromatic carbocycles. The number of carbonyl (C=O) groups excluding carboxylic acids is 2. The first-order chi connectivity index (χ1) is 9.42. The topological polar surface area (TPSA) is 116 Å². The van der Waals surface area contributed by atoms with Crippen LogP contribution in [0.3, 0.4) is 0 Å². The Labute approximate surface area is 125 Å². The molecular weight excluding hydrogens is 279 g/mol. The molecule has 0 heterocycles. The largest absolute Gasteiger partial charge is 0.459 e. The third-order valence-corrected chi connectivity index (χ3v) is 3.00. The molecule has 21 heavy (non-hydrogen) atoms. The highest BCUT2D eigenvalue weighted by molar-refractivity contribution is 6.02. The predicted octanol–water partition coefficient (Wildman–Crippen LogP) is 0.154. The van der Waals surface area contributed by atoms with Crippen LogP contribution in [-0.4, -0.2) is 47.3 Å². The van der Waals surface area contributed by atoms with Gasteiger partial charge in [0.15, 0.2) is 5.78 Å². The molecule has 0 bridgehead atoms. The average molecular weight is 306 g/mol. The molecule has 0 spiro atoms. The van der Waals surface area contributed by atoms with Gasteiger partial charge in [0, 0.05) is 0 Å². The quantitative estimate of drug-likeness (QED) is 0.455. The molecule has 0 aromatic rings. The number of esters is 1. The molecule has 7 heteroatoms. The second-order valence-corrected chi connectivity index (χ2v) is 6.48. The van der Waals surface area contributed by atoms with Crippen LogP contribution in [0.15, 0.2) is 0 Å². The van der Waals surface area contributed by atoms with Crippen molar-refractivity contribution in [3.8, 4) is 0 Å². The van der Waals surface area contributed by atoms with Crippen LogP contribution in [0, 0.1) is 11.8 Å². The summed E-state index contributed by atoms with van der Waals surface area (Å²) in [4.78, 5) is 24.5. The van der Waals surface area contributed by atoms with E-state index in [1.165, 1.54) is 0 Å². The molecule has 3 unspecified atom stereocenters. The highest BCUT2D eigenvalue weighted by Crippen LogP contribution is 2.19. The van der Waals surface area contributed by atoms with Crippen LogP contribution in [0.25, 0.3) is 0 Å². The number of ketones is 1. The molecule has 0 amide bonds. The van der Waals surface area contributed by atoms with E-state index in [0.717, 1.165) is 0 Å². The minimum atomic E-state index is -1.63. The molecule has 0 aliphatic heterocycles. The van der Waals surface area contributed by atoms with E-state index >= 15 is 0 Å². The minimum Gasteiger partial charge on any atom is -0.459 e. The van der Waals surface area contributed by atoms with Crippen LogP contribution in [0.5, 0.6) is 0 Å². The van der Waals surface area contributed by atoms with Crippen LogP contribution in [-0.2, 0) is 14.3 Å². The van der Waals surface area contributed by atoms with Gasteiger partial charge in [0.05, 0.1) is 18.2 Å². The van der Waals surface area contributed by atoms with E-state index in [2.05, 4.69) is 0 Å². The summed E-state index contributed by atoms with van der Waals surface area (Å²) in [5.74, 6) is -3.27. The number of hydrogen-bond acceptors (Lipinski definition) is 6. The van der Waals surface area contributed by atoms with Crippen molar-refractivity contribution in [1.29, 1.82) is 0 Å². The Balaban J connectivity index is 5.37. The van der Waals surface area contributed by atoms with E-state index in [9.17, 15) is 19.1 Å². The van der Waals surface area contributed by atoms with Crippen LogP contribution < -0.4 is 11.5 Å². The maximum Gasteiger partial charge on any atom is 0.318 e. The van der Waals surface area contributed by atoms with Gasteiger partial charge in [0.2, 0.25) is 0 Å². The Morgan fingerprint density at radius 1 is 1.24 bits per heavy atom. The first kappa shape index (κ1) is 19.9. The summed E-state index contributed by atoms with van der Waals surface area (Å²) in [5, 5.41) is 9.51. The first-order valence-electron chi connectivity index (χ1n) is 6.94. The number of nitrogens with two attached hydrogens (primary N) is 2. The Morgan fingerprint density at radius 3 is 2.05 bits per heavy atom. The van der Waals surface area contributed by atoms with Gasteiger partial charge >= 0.3 is 5.97 Å². The lowest BCUT2D eigenvalue weighted by molar-refractivity contribution is -0.164. The van der Waals surface area contributed by atoms with Crippen LogP contribution in [0.2, 0.25) is 0 Å². The van der Waals surface area contributed by atoms with Crippen LogP contribution >= 0.6 is 0 Å². The molecule has 0 aromatic heterocycles. The second kappa shape index (κ2) is 7.82. The number of aliphatic hydroxyl groups is 1. The standard InChI is InChI=1S/C14H27FN2O4/c1-7(2)10(16)12(19)9(11(17)8(18)6-15)13(20)21-14(3,4)5/h7-11,18H,6,16-17H2,1-5H3/t8?,9?,10-,11?/m0/s1. The number of Topliss-reactive ketones (excluding diaryl/α,β-unsaturated/α-hetero) is 1. The molecular formula is C14H27FN2O4. The molecule has 6 nitrogen and oxygen atoms in total. The normalized spacial score (nSPS) is 18.0. The Hall–Kier alpha value is -1.05.